The van der Waals surface area contributed by atoms with Gasteiger partial charge in [-0.2, -0.15) is 13.2 Å². The zero-order valence-electron chi connectivity index (χ0n) is 16.2. The van der Waals surface area contributed by atoms with Gasteiger partial charge in [-0.3, -0.25) is 4.79 Å². The van der Waals surface area contributed by atoms with Crippen molar-refractivity contribution in [2.45, 2.75) is 38.9 Å². The Kier molecular flexibility index (Phi) is 7.95. The van der Waals surface area contributed by atoms with Gasteiger partial charge >= 0.3 is 6.18 Å². The quantitative estimate of drug-likeness (QED) is 0.420. The maximum atomic E-state index is 12.5. The first-order valence-corrected chi connectivity index (χ1v) is 9.46. The Balaban J connectivity index is 1.80. The molecular formula is C19H27F3N4O2. The fourth-order valence-electron chi connectivity index (χ4n) is 2.90. The van der Waals surface area contributed by atoms with E-state index < -0.39 is 11.7 Å². The summed E-state index contributed by atoms with van der Waals surface area (Å²) in [6, 6.07) is 4.73. The van der Waals surface area contributed by atoms with Crippen molar-refractivity contribution < 1.29 is 22.7 Å². The van der Waals surface area contributed by atoms with Gasteiger partial charge in [0.1, 0.15) is 12.4 Å². The average molecular weight is 400 g/mol. The molecular weight excluding hydrogens is 373 g/mol. The molecule has 1 aromatic rings. The van der Waals surface area contributed by atoms with E-state index in [4.69, 9.17) is 4.74 Å². The van der Waals surface area contributed by atoms with Crippen molar-refractivity contribution in [2.24, 2.45) is 4.99 Å². The number of nitrogens with zero attached hydrogens (tertiary/aromatic N) is 2. The summed E-state index contributed by atoms with van der Waals surface area (Å²) >= 11 is 0. The second kappa shape index (κ2) is 10.2. The Hall–Kier alpha value is -2.45. The summed E-state index contributed by atoms with van der Waals surface area (Å²) in [4.78, 5) is 18.0. The third-order valence-electron chi connectivity index (χ3n) is 4.34. The molecule has 6 nitrogen and oxygen atoms in total. The van der Waals surface area contributed by atoms with Crippen LogP contribution in [-0.2, 0) is 11.0 Å². The number of hydrogen-bond donors (Lipinski definition) is 2. The third-order valence-corrected chi connectivity index (χ3v) is 4.34. The monoisotopic (exact) mass is 400 g/mol. The van der Waals surface area contributed by atoms with E-state index in [1.54, 1.807) is 0 Å². The molecule has 1 amide bonds. The average Bonchev–Trinajstić information content (AvgIpc) is 3.13. The smallest absolute Gasteiger partial charge is 0.416 e. The van der Waals surface area contributed by atoms with Gasteiger partial charge in [-0.25, -0.2) is 4.99 Å². The van der Waals surface area contributed by atoms with Gasteiger partial charge in [0.25, 0.3) is 0 Å². The summed E-state index contributed by atoms with van der Waals surface area (Å²) in [6.07, 6.45) is -2.99. The number of aliphatic imine (C=N–C) groups is 1. The van der Waals surface area contributed by atoms with Crippen LogP contribution in [0.25, 0.3) is 0 Å². The van der Waals surface area contributed by atoms with Gasteiger partial charge in [0.05, 0.1) is 12.1 Å². The van der Waals surface area contributed by atoms with Gasteiger partial charge in [-0.05, 0) is 37.6 Å². The van der Waals surface area contributed by atoms with Crippen LogP contribution in [-0.4, -0.2) is 55.6 Å². The number of likely N-dealkylation sites (tertiary alicyclic amines) is 1. The summed E-state index contributed by atoms with van der Waals surface area (Å²) < 4.78 is 43.1. The number of carbonyl (C=O) groups excluding carboxylic acids is 1. The predicted octanol–water partition coefficient (Wildman–Crippen LogP) is 2.65. The van der Waals surface area contributed by atoms with Crippen LogP contribution in [0.1, 0.15) is 32.3 Å². The van der Waals surface area contributed by atoms with Gasteiger partial charge in [-0.15, -0.1) is 0 Å². The molecule has 0 saturated carbocycles. The molecule has 28 heavy (non-hydrogen) atoms. The number of ether oxygens (including phenoxy) is 1. The fraction of sp³-hybridized carbons (Fsp3) is 0.579. The molecule has 2 N–H and O–H groups in total. The van der Waals surface area contributed by atoms with E-state index in [-0.39, 0.29) is 18.6 Å². The Morgan fingerprint density at radius 1 is 1.29 bits per heavy atom. The highest BCUT2D eigenvalue weighted by molar-refractivity contribution is 5.80. The number of nitrogens with one attached hydrogen (secondary N) is 2. The van der Waals surface area contributed by atoms with Gasteiger partial charge < -0.3 is 20.3 Å². The molecule has 1 unspecified atom stereocenters. The van der Waals surface area contributed by atoms with Crippen LogP contribution in [0, 0.1) is 0 Å². The van der Waals surface area contributed by atoms with Crippen LogP contribution in [0.4, 0.5) is 13.2 Å². The molecule has 9 heteroatoms. The lowest BCUT2D eigenvalue weighted by Gasteiger charge is -2.18. The number of halogens is 3. The SMILES string of the molecule is CCNC(=NCCOc1ccc(C(F)(F)F)cc1)NC1CCN(C(=O)CC)C1. The van der Waals surface area contributed by atoms with Crippen molar-refractivity contribution in [1.29, 1.82) is 0 Å². The van der Waals surface area contributed by atoms with Gasteiger partial charge in [0, 0.05) is 32.1 Å². The van der Waals surface area contributed by atoms with E-state index in [0.717, 1.165) is 25.1 Å². The molecule has 1 heterocycles. The lowest BCUT2D eigenvalue weighted by molar-refractivity contribution is -0.137. The largest absolute Gasteiger partial charge is 0.492 e. The number of rotatable bonds is 7. The second-order valence-electron chi connectivity index (χ2n) is 6.45. The van der Waals surface area contributed by atoms with E-state index in [1.807, 2.05) is 18.7 Å². The van der Waals surface area contributed by atoms with Crippen molar-refractivity contribution in [1.82, 2.24) is 15.5 Å². The number of amides is 1. The molecule has 1 aliphatic heterocycles. The van der Waals surface area contributed by atoms with Crippen LogP contribution in [0.3, 0.4) is 0 Å². The van der Waals surface area contributed by atoms with Crippen molar-refractivity contribution >= 4 is 11.9 Å². The zero-order valence-corrected chi connectivity index (χ0v) is 16.2. The van der Waals surface area contributed by atoms with E-state index in [9.17, 15) is 18.0 Å². The van der Waals surface area contributed by atoms with Crippen molar-refractivity contribution in [3.05, 3.63) is 29.8 Å². The number of alkyl halides is 3. The molecule has 1 aliphatic rings. The summed E-state index contributed by atoms with van der Waals surface area (Å²) in [5, 5.41) is 6.46. The minimum absolute atomic E-state index is 0.143. The van der Waals surface area contributed by atoms with E-state index in [1.165, 1.54) is 12.1 Å². The maximum absolute atomic E-state index is 12.5. The Morgan fingerprint density at radius 2 is 2.00 bits per heavy atom. The van der Waals surface area contributed by atoms with Gasteiger partial charge in [0.2, 0.25) is 5.91 Å². The predicted molar refractivity (Wildman–Crippen MR) is 101 cm³/mol. The highest BCUT2D eigenvalue weighted by Gasteiger charge is 2.30. The molecule has 0 aliphatic carbocycles. The summed E-state index contributed by atoms with van der Waals surface area (Å²) in [5.74, 6) is 1.15. The number of hydrogen-bond acceptors (Lipinski definition) is 3. The molecule has 1 saturated heterocycles. The van der Waals surface area contributed by atoms with E-state index >= 15 is 0 Å². The van der Waals surface area contributed by atoms with Crippen molar-refractivity contribution in [2.75, 3.05) is 32.8 Å². The van der Waals surface area contributed by atoms with E-state index in [0.29, 0.717) is 37.8 Å². The van der Waals surface area contributed by atoms with E-state index in [2.05, 4.69) is 15.6 Å². The van der Waals surface area contributed by atoms with Crippen LogP contribution in [0.5, 0.6) is 5.75 Å². The highest BCUT2D eigenvalue weighted by Crippen LogP contribution is 2.30. The van der Waals surface area contributed by atoms with Crippen molar-refractivity contribution in [3.8, 4) is 5.75 Å². The van der Waals surface area contributed by atoms with Crippen LogP contribution >= 0.6 is 0 Å². The highest BCUT2D eigenvalue weighted by atomic mass is 19.4. The third kappa shape index (κ3) is 6.61. The molecule has 1 atom stereocenters. The molecule has 156 valence electrons. The van der Waals surface area contributed by atoms with Crippen LogP contribution in [0.15, 0.2) is 29.3 Å². The van der Waals surface area contributed by atoms with Crippen LogP contribution < -0.4 is 15.4 Å². The molecule has 0 bridgehead atoms. The maximum Gasteiger partial charge on any atom is 0.416 e. The standard InChI is InChI=1S/C19H27F3N4O2/c1-3-17(27)26-11-9-15(13-26)25-18(23-4-2)24-10-12-28-16-7-5-14(6-8-16)19(20,21)22/h5-8,15H,3-4,9-13H2,1-2H3,(H2,23,24,25). The van der Waals surface area contributed by atoms with Gasteiger partial charge in [0.15, 0.2) is 5.96 Å². The molecule has 0 aromatic heterocycles. The number of guanidine groups is 1. The Morgan fingerprint density at radius 3 is 2.61 bits per heavy atom. The summed E-state index contributed by atoms with van der Waals surface area (Å²) in [7, 11) is 0. The lowest BCUT2D eigenvalue weighted by Crippen LogP contribution is -2.45. The lowest BCUT2D eigenvalue weighted by atomic mass is 10.2. The number of carbonyl (C=O) groups is 1. The first-order valence-electron chi connectivity index (χ1n) is 9.46. The molecule has 1 fully saturated rings. The first-order chi connectivity index (χ1) is 13.3. The van der Waals surface area contributed by atoms with Crippen LogP contribution in [0.2, 0.25) is 0 Å². The molecule has 0 radical (unpaired) electrons. The minimum atomic E-state index is -4.35. The summed E-state index contributed by atoms with van der Waals surface area (Å²) in [6.45, 7) is 6.48. The molecule has 0 spiro atoms. The van der Waals surface area contributed by atoms with Crippen molar-refractivity contribution in [3.63, 3.8) is 0 Å². The number of benzene rings is 1. The summed E-state index contributed by atoms with van der Waals surface area (Å²) in [5.41, 5.74) is -0.705. The fourth-order valence-corrected chi connectivity index (χ4v) is 2.90. The topological polar surface area (TPSA) is 66.0 Å². The second-order valence-corrected chi connectivity index (χ2v) is 6.45. The Bertz CT molecular complexity index is 662. The zero-order chi connectivity index (χ0) is 20.6. The van der Waals surface area contributed by atoms with Gasteiger partial charge in [-0.1, -0.05) is 6.92 Å². The first kappa shape index (κ1) is 21.8. The molecule has 2 rings (SSSR count). The normalized spacial score (nSPS) is 17.5. The minimum Gasteiger partial charge on any atom is -0.492 e. The molecule has 1 aromatic carbocycles. The Labute approximate surface area is 163 Å².